The highest BCUT2D eigenvalue weighted by atomic mass is 35.5. The van der Waals surface area contributed by atoms with E-state index in [-0.39, 0.29) is 5.91 Å². The Bertz CT molecular complexity index is 439. The van der Waals surface area contributed by atoms with Crippen molar-refractivity contribution in [3.63, 3.8) is 0 Å². The van der Waals surface area contributed by atoms with Crippen LogP contribution in [0.25, 0.3) is 0 Å². The third-order valence-corrected chi connectivity index (χ3v) is 3.68. The molecule has 1 aromatic rings. The summed E-state index contributed by atoms with van der Waals surface area (Å²) in [7, 11) is 0. The van der Waals surface area contributed by atoms with Gasteiger partial charge in [0.1, 0.15) is 5.82 Å². The van der Waals surface area contributed by atoms with Gasteiger partial charge < -0.3 is 10.6 Å². The molecule has 1 aliphatic heterocycles. The maximum absolute atomic E-state index is 12.3. The van der Waals surface area contributed by atoms with Crippen LogP contribution >= 0.6 is 11.6 Å². The molecule has 1 fully saturated rings. The molecule has 1 amide bonds. The number of halogens is 1. The summed E-state index contributed by atoms with van der Waals surface area (Å²) in [5.41, 5.74) is 6.02. The second-order valence-corrected chi connectivity index (χ2v) is 5.16. The van der Waals surface area contributed by atoms with Crippen LogP contribution < -0.4 is 5.73 Å². The van der Waals surface area contributed by atoms with Gasteiger partial charge in [-0.25, -0.2) is 4.98 Å². The molecule has 92 valence electrons. The highest BCUT2D eigenvalue weighted by Gasteiger charge is 2.30. The Hall–Kier alpha value is -1.29. The van der Waals surface area contributed by atoms with E-state index in [4.69, 9.17) is 17.3 Å². The summed E-state index contributed by atoms with van der Waals surface area (Å²) in [5, 5.41) is 0.358. The minimum absolute atomic E-state index is 0.0553. The molecule has 1 saturated heterocycles. The minimum Gasteiger partial charge on any atom is -0.384 e. The van der Waals surface area contributed by atoms with Gasteiger partial charge in [-0.1, -0.05) is 25.4 Å². The van der Waals surface area contributed by atoms with Crippen LogP contribution in [0.2, 0.25) is 5.02 Å². The minimum atomic E-state index is -0.0553. The van der Waals surface area contributed by atoms with E-state index in [0.717, 1.165) is 13.1 Å². The van der Waals surface area contributed by atoms with Crippen LogP contribution in [0.3, 0.4) is 0 Å². The predicted octanol–water partition coefficient (Wildman–Crippen LogP) is 2.05. The lowest BCUT2D eigenvalue weighted by molar-refractivity contribution is 0.0785. The Kier molecular flexibility index (Phi) is 3.24. The highest BCUT2D eigenvalue weighted by molar-refractivity contribution is 6.33. The molecule has 2 rings (SSSR count). The smallest absolute Gasteiger partial charge is 0.255 e. The zero-order valence-corrected chi connectivity index (χ0v) is 10.7. The number of nitrogens with two attached hydrogens (primary N) is 1. The quantitative estimate of drug-likeness (QED) is 0.833. The summed E-state index contributed by atoms with van der Waals surface area (Å²) in [6, 6.07) is 1.54. The van der Waals surface area contributed by atoms with E-state index in [0.29, 0.717) is 28.2 Å². The maximum atomic E-state index is 12.3. The molecule has 0 aromatic carbocycles. The van der Waals surface area contributed by atoms with Crippen LogP contribution in [0.4, 0.5) is 5.82 Å². The first kappa shape index (κ1) is 12.2. The largest absolute Gasteiger partial charge is 0.384 e. The number of carbonyl (C=O) groups excluding carboxylic acids is 1. The van der Waals surface area contributed by atoms with Crippen molar-refractivity contribution < 1.29 is 4.79 Å². The molecule has 1 aliphatic rings. The fourth-order valence-corrected chi connectivity index (χ4v) is 2.27. The zero-order valence-electron chi connectivity index (χ0n) is 9.98. The fraction of sp³-hybridized carbons (Fsp3) is 0.500. The Morgan fingerprint density at radius 3 is 2.65 bits per heavy atom. The third kappa shape index (κ3) is 2.36. The van der Waals surface area contributed by atoms with E-state index < -0.39 is 0 Å². The number of carbonyl (C=O) groups is 1. The number of amides is 1. The van der Waals surface area contributed by atoms with Crippen molar-refractivity contribution in [1.29, 1.82) is 0 Å². The van der Waals surface area contributed by atoms with Gasteiger partial charge in [0.05, 0.1) is 10.6 Å². The van der Waals surface area contributed by atoms with Crippen molar-refractivity contribution in [1.82, 2.24) is 9.88 Å². The maximum Gasteiger partial charge on any atom is 0.255 e. The molecule has 0 aliphatic carbocycles. The molecule has 0 saturated carbocycles. The molecule has 2 heterocycles. The van der Waals surface area contributed by atoms with Crippen molar-refractivity contribution in [2.75, 3.05) is 18.8 Å². The summed E-state index contributed by atoms with van der Waals surface area (Å²) in [6.45, 7) is 5.86. The monoisotopic (exact) mass is 253 g/mol. The number of likely N-dealkylation sites (tertiary alicyclic amines) is 1. The SMILES string of the molecule is CC1CN(C(=O)c2cc(N)ncc2Cl)CC1C. The lowest BCUT2D eigenvalue weighted by Gasteiger charge is -2.16. The van der Waals surface area contributed by atoms with Gasteiger partial charge in [-0.05, 0) is 17.9 Å². The van der Waals surface area contributed by atoms with Crippen LogP contribution in [-0.4, -0.2) is 28.9 Å². The summed E-state index contributed by atoms with van der Waals surface area (Å²) < 4.78 is 0. The second kappa shape index (κ2) is 4.53. The van der Waals surface area contributed by atoms with Crippen molar-refractivity contribution in [3.05, 3.63) is 22.8 Å². The van der Waals surface area contributed by atoms with Gasteiger partial charge in [-0.3, -0.25) is 4.79 Å². The first-order chi connectivity index (χ1) is 7.99. The van der Waals surface area contributed by atoms with Gasteiger partial charge in [0.15, 0.2) is 0 Å². The van der Waals surface area contributed by atoms with Gasteiger partial charge in [0.2, 0.25) is 0 Å². The van der Waals surface area contributed by atoms with Gasteiger partial charge in [-0.2, -0.15) is 0 Å². The van der Waals surface area contributed by atoms with E-state index in [1.54, 1.807) is 6.07 Å². The molecule has 4 nitrogen and oxygen atoms in total. The predicted molar refractivity (Wildman–Crippen MR) is 67.9 cm³/mol. The Balaban J connectivity index is 2.23. The second-order valence-electron chi connectivity index (χ2n) is 4.75. The van der Waals surface area contributed by atoms with E-state index in [2.05, 4.69) is 18.8 Å². The van der Waals surface area contributed by atoms with Gasteiger partial charge in [0.25, 0.3) is 5.91 Å². The molecular formula is C12H16ClN3O. The standard InChI is InChI=1S/C12H16ClN3O/c1-7-5-16(6-8(7)2)12(17)9-3-11(14)15-4-10(9)13/h3-4,7-8H,5-6H2,1-2H3,(H2,14,15). The normalized spacial score (nSPS) is 24.1. The summed E-state index contributed by atoms with van der Waals surface area (Å²) in [6.07, 6.45) is 1.42. The first-order valence-electron chi connectivity index (χ1n) is 5.69. The van der Waals surface area contributed by atoms with Crippen molar-refractivity contribution in [3.8, 4) is 0 Å². The summed E-state index contributed by atoms with van der Waals surface area (Å²) in [4.78, 5) is 18.0. The molecule has 5 heteroatoms. The van der Waals surface area contributed by atoms with Crippen LogP contribution in [-0.2, 0) is 0 Å². The van der Waals surface area contributed by atoms with Crippen molar-refractivity contribution in [2.45, 2.75) is 13.8 Å². The van der Waals surface area contributed by atoms with Gasteiger partial charge >= 0.3 is 0 Å². The Labute approximate surface area is 106 Å². The lowest BCUT2D eigenvalue weighted by Crippen LogP contribution is -2.29. The lowest BCUT2D eigenvalue weighted by atomic mass is 10.0. The molecule has 1 aromatic heterocycles. The van der Waals surface area contributed by atoms with E-state index in [1.165, 1.54) is 6.20 Å². The highest BCUT2D eigenvalue weighted by Crippen LogP contribution is 2.26. The molecule has 0 spiro atoms. The zero-order chi connectivity index (χ0) is 12.6. The van der Waals surface area contributed by atoms with Crippen molar-refractivity contribution >= 4 is 23.3 Å². The van der Waals surface area contributed by atoms with Crippen molar-refractivity contribution in [2.24, 2.45) is 11.8 Å². The molecule has 2 atom stereocenters. The summed E-state index contributed by atoms with van der Waals surface area (Å²) >= 11 is 5.98. The number of hydrogen-bond acceptors (Lipinski definition) is 3. The third-order valence-electron chi connectivity index (χ3n) is 3.38. The molecule has 17 heavy (non-hydrogen) atoms. The van der Waals surface area contributed by atoms with E-state index in [1.807, 2.05) is 4.90 Å². The van der Waals surface area contributed by atoms with E-state index >= 15 is 0 Å². The fourth-order valence-electron chi connectivity index (χ4n) is 2.08. The molecule has 0 bridgehead atoms. The summed E-state index contributed by atoms with van der Waals surface area (Å²) in [5.74, 6) is 1.31. The number of hydrogen-bond donors (Lipinski definition) is 1. The molecule has 2 unspecified atom stereocenters. The Morgan fingerprint density at radius 1 is 1.47 bits per heavy atom. The van der Waals surface area contributed by atoms with Crippen LogP contribution in [0.5, 0.6) is 0 Å². The molecular weight excluding hydrogens is 238 g/mol. The van der Waals surface area contributed by atoms with Gasteiger partial charge in [-0.15, -0.1) is 0 Å². The Morgan fingerprint density at radius 2 is 2.06 bits per heavy atom. The average molecular weight is 254 g/mol. The first-order valence-corrected chi connectivity index (χ1v) is 6.07. The number of anilines is 1. The van der Waals surface area contributed by atoms with E-state index in [9.17, 15) is 4.79 Å². The average Bonchev–Trinajstić information content (AvgIpc) is 2.62. The number of aromatic nitrogens is 1. The number of nitrogens with zero attached hydrogens (tertiary/aromatic N) is 2. The molecule has 0 radical (unpaired) electrons. The van der Waals surface area contributed by atoms with Crippen LogP contribution in [0.1, 0.15) is 24.2 Å². The van der Waals surface area contributed by atoms with Gasteiger partial charge in [0, 0.05) is 19.3 Å². The number of nitrogen functional groups attached to an aromatic ring is 1. The topological polar surface area (TPSA) is 59.2 Å². The van der Waals surface area contributed by atoms with Crippen LogP contribution in [0.15, 0.2) is 12.3 Å². The van der Waals surface area contributed by atoms with Crippen LogP contribution in [0, 0.1) is 11.8 Å². The molecule has 2 N–H and O–H groups in total. The number of rotatable bonds is 1. The number of pyridine rings is 1.